The van der Waals surface area contributed by atoms with Crippen molar-refractivity contribution in [2.75, 3.05) is 13.2 Å². The van der Waals surface area contributed by atoms with Crippen molar-refractivity contribution in [1.29, 1.82) is 0 Å². The van der Waals surface area contributed by atoms with Crippen LogP contribution in [0.3, 0.4) is 0 Å². The largest absolute Gasteiger partial charge is 0.349 e. The Bertz CT molecular complexity index is 727. The van der Waals surface area contributed by atoms with Gasteiger partial charge in [0.1, 0.15) is 0 Å². The molecule has 3 atom stereocenters. The number of hydrogen-bond acceptors (Lipinski definition) is 3. The van der Waals surface area contributed by atoms with Crippen molar-refractivity contribution in [3.05, 3.63) is 70.2 Å². The second-order valence-corrected chi connectivity index (χ2v) is 8.32. The molecule has 1 aliphatic rings. The summed E-state index contributed by atoms with van der Waals surface area (Å²) in [5, 5.41) is 4.25. The average molecular weight is 374 g/mol. The highest BCUT2D eigenvalue weighted by Gasteiger charge is 2.30. The number of benzene rings is 2. The van der Waals surface area contributed by atoms with E-state index in [0.29, 0.717) is 6.61 Å². The highest BCUT2D eigenvalue weighted by Crippen LogP contribution is 2.32. The van der Waals surface area contributed by atoms with Gasteiger partial charge in [0.05, 0.1) is 18.8 Å². The molecule has 140 valence electrons. The first-order chi connectivity index (χ1) is 12.3. The Morgan fingerprint density at radius 2 is 1.88 bits per heavy atom. The Kier molecular flexibility index (Phi) is 6.03. The van der Waals surface area contributed by atoms with E-state index in [-0.39, 0.29) is 23.9 Å². The predicted octanol–water partition coefficient (Wildman–Crippen LogP) is 5.40. The molecule has 4 heteroatoms. The molecule has 0 amide bonds. The smallest absolute Gasteiger partial charge is 0.177 e. The monoisotopic (exact) mass is 373 g/mol. The number of halogens is 1. The zero-order valence-corrected chi connectivity index (χ0v) is 16.7. The molecular formula is C22H28ClNO2. The molecule has 1 heterocycles. The molecule has 1 N–H and O–H groups in total. The van der Waals surface area contributed by atoms with Crippen molar-refractivity contribution >= 4 is 11.6 Å². The standard InChI is InChI=1S/C22H28ClNO2/c1-15(17-12-18(22(2,3)4)14-19(23)13-17)26-21-20(24-10-11-25-21)16-8-6-5-7-9-16/h5-9,12-15,20-21,24H,10-11H2,1-4H3. The normalized spacial score (nSPS) is 22.2. The van der Waals surface area contributed by atoms with Gasteiger partial charge in [-0.1, -0.05) is 68.8 Å². The summed E-state index contributed by atoms with van der Waals surface area (Å²) >= 11 is 6.37. The van der Waals surface area contributed by atoms with Gasteiger partial charge in [-0.2, -0.15) is 0 Å². The fraction of sp³-hybridized carbons (Fsp3) is 0.455. The lowest BCUT2D eigenvalue weighted by Crippen LogP contribution is -2.43. The van der Waals surface area contributed by atoms with Gasteiger partial charge in [-0.25, -0.2) is 0 Å². The van der Waals surface area contributed by atoms with Crippen LogP contribution < -0.4 is 5.32 Å². The number of nitrogens with one attached hydrogen (secondary N) is 1. The molecule has 1 fully saturated rings. The Morgan fingerprint density at radius 3 is 2.58 bits per heavy atom. The molecule has 3 rings (SSSR count). The first-order valence-electron chi connectivity index (χ1n) is 9.21. The molecule has 2 aromatic carbocycles. The van der Waals surface area contributed by atoms with Crippen LogP contribution in [0.5, 0.6) is 0 Å². The third-order valence-corrected chi connectivity index (χ3v) is 4.99. The van der Waals surface area contributed by atoms with Gasteiger partial charge in [-0.15, -0.1) is 0 Å². The lowest BCUT2D eigenvalue weighted by molar-refractivity contribution is -0.200. The zero-order chi connectivity index (χ0) is 18.7. The molecule has 3 nitrogen and oxygen atoms in total. The fourth-order valence-corrected chi connectivity index (χ4v) is 3.44. The van der Waals surface area contributed by atoms with Crippen molar-refractivity contribution in [2.45, 2.75) is 51.5 Å². The van der Waals surface area contributed by atoms with E-state index in [2.05, 4.69) is 51.2 Å². The van der Waals surface area contributed by atoms with E-state index in [9.17, 15) is 0 Å². The minimum absolute atomic E-state index is 0.0219. The molecule has 3 unspecified atom stereocenters. The summed E-state index contributed by atoms with van der Waals surface area (Å²) in [7, 11) is 0. The SMILES string of the molecule is CC(OC1OCCNC1c1ccccc1)c1cc(Cl)cc(C(C)(C)C)c1. The second-order valence-electron chi connectivity index (χ2n) is 7.88. The molecule has 0 saturated carbocycles. The number of ether oxygens (including phenoxy) is 2. The highest BCUT2D eigenvalue weighted by molar-refractivity contribution is 6.30. The van der Waals surface area contributed by atoms with Crippen LogP contribution in [0.4, 0.5) is 0 Å². The van der Waals surface area contributed by atoms with E-state index in [1.165, 1.54) is 11.1 Å². The van der Waals surface area contributed by atoms with E-state index < -0.39 is 0 Å². The number of rotatable bonds is 4. The molecule has 26 heavy (non-hydrogen) atoms. The third kappa shape index (κ3) is 4.66. The second kappa shape index (κ2) is 8.10. The summed E-state index contributed by atoms with van der Waals surface area (Å²) in [6.07, 6.45) is -0.455. The first-order valence-corrected chi connectivity index (χ1v) is 9.59. The van der Waals surface area contributed by atoms with E-state index in [0.717, 1.165) is 17.1 Å². The van der Waals surface area contributed by atoms with Crippen LogP contribution >= 0.6 is 11.6 Å². The number of hydrogen-bond donors (Lipinski definition) is 1. The van der Waals surface area contributed by atoms with Crippen LogP contribution in [-0.2, 0) is 14.9 Å². The average Bonchev–Trinajstić information content (AvgIpc) is 2.61. The van der Waals surface area contributed by atoms with Crippen molar-refractivity contribution in [2.24, 2.45) is 0 Å². The maximum Gasteiger partial charge on any atom is 0.177 e. The summed E-state index contributed by atoms with van der Waals surface area (Å²) < 4.78 is 12.3. The Morgan fingerprint density at radius 1 is 1.15 bits per heavy atom. The minimum atomic E-state index is -0.335. The van der Waals surface area contributed by atoms with Gasteiger partial charge in [-0.3, -0.25) is 0 Å². The molecule has 1 saturated heterocycles. The van der Waals surface area contributed by atoms with E-state index in [1.54, 1.807) is 0 Å². The van der Waals surface area contributed by atoms with Crippen LogP contribution in [0.25, 0.3) is 0 Å². The van der Waals surface area contributed by atoms with E-state index >= 15 is 0 Å². The van der Waals surface area contributed by atoms with Gasteiger partial charge in [0, 0.05) is 11.6 Å². The third-order valence-electron chi connectivity index (χ3n) is 4.77. The van der Waals surface area contributed by atoms with Gasteiger partial charge in [0.2, 0.25) is 0 Å². The molecule has 0 radical (unpaired) electrons. The Labute approximate surface area is 161 Å². The molecule has 0 aromatic heterocycles. The molecule has 1 aliphatic heterocycles. The van der Waals surface area contributed by atoms with Gasteiger partial charge >= 0.3 is 0 Å². The van der Waals surface area contributed by atoms with Gasteiger partial charge in [-0.05, 0) is 41.2 Å². The van der Waals surface area contributed by atoms with Crippen molar-refractivity contribution in [1.82, 2.24) is 5.32 Å². The summed E-state index contributed by atoms with van der Waals surface area (Å²) in [6.45, 7) is 10.1. The fourth-order valence-electron chi connectivity index (χ4n) is 3.19. The first kappa shape index (κ1) is 19.4. The van der Waals surface area contributed by atoms with Gasteiger partial charge < -0.3 is 14.8 Å². The lowest BCUT2D eigenvalue weighted by atomic mass is 9.86. The van der Waals surface area contributed by atoms with Crippen LogP contribution in [0.15, 0.2) is 48.5 Å². The van der Waals surface area contributed by atoms with Crippen LogP contribution in [0, 0.1) is 0 Å². The van der Waals surface area contributed by atoms with Crippen molar-refractivity contribution < 1.29 is 9.47 Å². The molecule has 0 spiro atoms. The quantitative estimate of drug-likeness (QED) is 0.778. The van der Waals surface area contributed by atoms with Crippen LogP contribution in [0.2, 0.25) is 5.02 Å². The van der Waals surface area contributed by atoms with Crippen LogP contribution in [-0.4, -0.2) is 19.4 Å². The van der Waals surface area contributed by atoms with Crippen LogP contribution in [0.1, 0.15) is 56.5 Å². The van der Waals surface area contributed by atoms with Crippen molar-refractivity contribution in [3.63, 3.8) is 0 Å². The Balaban J connectivity index is 1.80. The molecule has 2 aromatic rings. The van der Waals surface area contributed by atoms with Crippen molar-refractivity contribution in [3.8, 4) is 0 Å². The molecule has 0 aliphatic carbocycles. The predicted molar refractivity (Wildman–Crippen MR) is 107 cm³/mol. The maximum absolute atomic E-state index is 6.37. The molecule has 0 bridgehead atoms. The van der Waals surface area contributed by atoms with Gasteiger partial charge in [0.15, 0.2) is 6.29 Å². The van der Waals surface area contributed by atoms with Gasteiger partial charge in [0.25, 0.3) is 0 Å². The van der Waals surface area contributed by atoms with E-state index in [4.69, 9.17) is 21.1 Å². The topological polar surface area (TPSA) is 30.5 Å². The summed E-state index contributed by atoms with van der Waals surface area (Å²) in [5.41, 5.74) is 3.49. The number of morpholine rings is 1. The summed E-state index contributed by atoms with van der Waals surface area (Å²) in [5.74, 6) is 0. The zero-order valence-electron chi connectivity index (χ0n) is 16.0. The summed E-state index contributed by atoms with van der Waals surface area (Å²) in [6, 6.07) is 16.5. The lowest BCUT2D eigenvalue weighted by Gasteiger charge is -2.35. The molecular weight excluding hydrogens is 346 g/mol. The minimum Gasteiger partial charge on any atom is -0.349 e. The highest BCUT2D eigenvalue weighted by atomic mass is 35.5. The Hall–Kier alpha value is -1.39. The summed E-state index contributed by atoms with van der Waals surface area (Å²) in [4.78, 5) is 0. The van der Waals surface area contributed by atoms with E-state index in [1.807, 2.05) is 30.3 Å². The maximum atomic E-state index is 6.37.